The average Bonchev–Trinajstić information content (AvgIpc) is 2.80. The number of rotatable bonds is 2. The molecule has 0 unspecified atom stereocenters. The molecule has 0 spiro atoms. The highest BCUT2D eigenvalue weighted by Gasteiger charge is 2.20. The third-order valence-electron chi connectivity index (χ3n) is 2.27. The lowest BCUT2D eigenvalue weighted by Gasteiger charge is -2.09. The summed E-state index contributed by atoms with van der Waals surface area (Å²) in [6.07, 6.45) is 0. The van der Waals surface area contributed by atoms with E-state index in [4.69, 9.17) is 9.88 Å². The maximum Gasteiger partial charge on any atom is 0.673 e. The number of fused-ring (bicyclic) bond motifs is 1. The average molecular weight is 337 g/mol. The van der Waals surface area contributed by atoms with Crippen LogP contribution in [0, 0.1) is 0 Å². The van der Waals surface area contributed by atoms with Crippen LogP contribution in [0.1, 0.15) is 0 Å². The Balaban J connectivity index is 0.000000463. The number of halogens is 4. The molecule has 0 N–H and O–H groups in total. The Hall–Kier alpha value is -2.53. The van der Waals surface area contributed by atoms with Crippen molar-refractivity contribution in [3.63, 3.8) is 0 Å². The summed E-state index contributed by atoms with van der Waals surface area (Å²) in [5.74, 6) is 0. The SMILES string of the molecule is CN(C)C(OOn1nnc2ccccc21)=[N+](C)C.F[B-](F)(F)F. The van der Waals surface area contributed by atoms with Crippen molar-refractivity contribution in [3.05, 3.63) is 24.3 Å². The van der Waals surface area contributed by atoms with Gasteiger partial charge >= 0.3 is 13.3 Å². The zero-order valence-corrected chi connectivity index (χ0v) is 13.0. The molecule has 0 bridgehead atoms. The maximum absolute atomic E-state index is 9.75. The first-order chi connectivity index (χ1) is 10.6. The lowest BCUT2D eigenvalue weighted by Crippen LogP contribution is -2.35. The fourth-order valence-corrected chi connectivity index (χ4v) is 1.52. The van der Waals surface area contributed by atoms with Gasteiger partial charge in [0, 0.05) is 0 Å². The standard InChI is InChI=1S/C11H16N5O2.BF4/c1-14(2)11(15(3)4)17-18-16-10-8-6-5-7-9(10)12-13-16;2-1(3,4)5/h5-8H,1-4H3;/q+1;-1. The van der Waals surface area contributed by atoms with Gasteiger partial charge in [0.1, 0.15) is 11.0 Å². The fraction of sp³-hybridized carbons (Fsp3) is 0.364. The Bertz CT molecular complexity index is 664. The van der Waals surface area contributed by atoms with Gasteiger partial charge in [-0.1, -0.05) is 12.1 Å². The van der Waals surface area contributed by atoms with E-state index in [1.807, 2.05) is 52.5 Å². The molecule has 0 radical (unpaired) electrons. The van der Waals surface area contributed by atoms with Crippen LogP contribution in [0.3, 0.4) is 0 Å². The molecule has 0 aliphatic carbocycles. The van der Waals surface area contributed by atoms with Crippen molar-refractivity contribution in [2.24, 2.45) is 0 Å². The molecular formula is C11H16BF4N5O2. The minimum Gasteiger partial charge on any atom is -0.418 e. The van der Waals surface area contributed by atoms with Crippen molar-refractivity contribution < 1.29 is 31.7 Å². The Morgan fingerprint density at radius 2 is 1.74 bits per heavy atom. The van der Waals surface area contributed by atoms with E-state index >= 15 is 0 Å². The van der Waals surface area contributed by atoms with Gasteiger partial charge in [-0.25, -0.2) is 9.48 Å². The second kappa shape index (κ2) is 7.65. The zero-order chi connectivity index (χ0) is 17.6. The van der Waals surface area contributed by atoms with Gasteiger partial charge in [0.15, 0.2) is 0 Å². The van der Waals surface area contributed by atoms with E-state index in [1.165, 1.54) is 4.85 Å². The maximum atomic E-state index is 9.75. The number of benzene rings is 1. The number of nitrogens with zero attached hydrogens (tertiary/aromatic N) is 5. The van der Waals surface area contributed by atoms with Crippen molar-refractivity contribution in [1.82, 2.24) is 20.1 Å². The summed E-state index contributed by atoms with van der Waals surface area (Å²) in [7, 11) is 1.44. The highest BCUT2D eigenvalue weighted by Crippen LogP contribution is 2.08. The van der Waals surface area contributed by atoms with Gasteiger partial charge in [-0.05, 0) is 22.2 Å². The Labute approximate surface area is 129 Å². The quantitative estimate of drug-likeness (QED) is 0.157. The van der Waals surface area contributed by atoms with Gasteiger partial charge in [-0.3, -0.25) is 0 Å². The van der Waals surface area contributed by atoms with E-state index in [9.17, 15) is 17.3 Å². The molecule has 1 aromatic carbocycles. The van der Waals surface area contributed by atoms with Gasteiger partial charge in [0.25, 0.3) is 0 Å². The number of para-hydroxylation sites is 1. The highest BCUT2D eigenvalue weighted by molar-refractivity contribution is 6.50. The van der Waals surface area contributed by atoms with E-state index in [0.29, 0.717) is 6.02 Å². The molecule has 7 nitrogen and oxygen atoms in total. The molecular weight excluding hydrogens is 321 g/mol. The third-order valence-corrected chi connectivity index (χ3v) is 2.27. The molecule has 128 valence electrons. The minimum atomic E-state index is -6.00. The lowest BCUT2D eigenvalue weighted by atomic mass is 10.3. The number of aromatic nitrogens is 3. The summed E-state index contributed by atoms with van der Waals surface area (Å²) in [6, 6.07) is 8.02. The van der Waals surface area contributed by atoms with Crippen LogP contribution in [0.25, 0.3) is 11.0 Å². The molecule has 0 atom stereocenters. The molecule has 23 heavy (non-hydrogen) atoms. The van der Waals surface area contributed by atoms with Crippen LogP contribution in [-0.4, -0.2) is 66.1 Å². The molecule has 0 saturated heterocycles. The Morgan fingerprint density at radius 3 is 2.26 bits per heavy atom. The predicted octanol–water partition coefficient (Wildman–Crippen LogP) is 1.28. The summed E-state index contributed by atoms with van der Waals surface area (Å²) in [6.45, 7) is 0. The second-order valence-electron chi connectivity index (χ2n) is 4.68. The first kappa shape index (κ1) is 18.5. The summed E-state index contributed by atoms with van der Waals surface area (Å²) < 4.78 is 40.8. The zero-order valence-electron chi connectivity index (χ0n) is 13.0. The fourth-order valence-electron chi connectivity index (χ4n) is 1.52. The molecule has 2 rings (SSSR count). The Morgan fingerprint density at radius 1 is 1.17 bits per heavy atom. The lowest BCUT2D eigenvalue weighted by molar-refractivity contribution is -0.493. The van der Waals surface area contributed by atoms with Crippen molar-refractivity contribution in [1.29, 1.82) is 0 Å². The van der Waals surface area contributed by atoms with E-state index in [-0.39, 0.29) is 0 Å². The van der Waals surface area contributed by atoms with Crippen molar-refractivity contribution in [2.75, 3.05) is 28.2 Å². The van der Waals surface area contributed by atoms with Crippen LogP contribution in [0.15, 0.2) is 24.3 Å². The van der Waals surface area contributed by atoms with Crippen molar-refractivity contribution in [2.45, 2.75) is 0 Å². The molecule has 0 amide bonds. The summed E-state index contributed by atoms with van der Waals surface area (Å²) >= 11 is 0. The number of hydrogen-bond donors (Lipinski definition) is 0. The van der Waals surface area contributed by atoms with Crippen LogP contribution in [0.4, 0.5) is 17.3 Å². The Kier molecular flexibility index (Phi) is 6.16. The van der Waals surface area contributed by atoms with E-state index in [1.54, 1.807) is 9.48 Å². The molecule has 0 aliphatic heterocycles. The van der Waals surface area contributed by atoms with E-state index in [0.717, 1.165) is 11.0 Å². The van der Waals surface area contributed by atoms with Crippen LogP contribution in [0.2, 0.25) is 0 Å². The number of hydrogen-bond acceptors (Lipinski definition) is 4. The van der Waals surface area contributed by atoms with Crippen LogP contribution < -0.4 is 4.99 Å². The normalized spacial score (nSPS) is 10.6. The first-order valence-corrected chi connectivity index (χ1v) is 6.34. The summed E-state index contributed by atoms with van der Waals surface area (Å²) in [5, 5.41) is 7.81. The van der Waals surface area contributed by atoms with Gasteiger partial charge in [0.05, 0.1) is 28.2 Å². The van der Waals surface area contributed by atoms with E-state index < -0.39 is 7.25 Å². The van der Waals surface area contributed by atoms with Crippen LogP contribution in [-0.2, 0) is 4.89 Å². The third kappa shape index (κ3) is 6.40. The largest absolute Gasteiger partial charge is 0.673 e. The van der Waals surface area contributed by atoms with Gasteiger partial charge in [0.2, 0.25) is 0 Å². The van der Waals surface area contributed by atoms with Crippen LogP contribution >= 0.6 is 0 Å². The molecule has 12 heteroatoms. The van der Waals surface area contributed by atoms with Crippen molar-refractivity contribution in [3.8, 4) is 0 Å². The molecule has 2 aromatic rings. The topological polar surface area (TPSA) is 55.4 Å². The minimum absolute atomic E-state index is 0.551. The number of amidine groups is 1. The smallest absolute Gasteiger partial charge is 0.418 e. The molecule has 1 aromatic heterocycles. The highest BCUT2D eigenvalue weighted by atomic mass is 19.5. The first-order valence-electron chi connectivity index (χ1n) is 6.34. The van der Waals surface area contributed by atoms with Crippen LogP contribution in [0.5, 0.6) is 0 Å². The van der Waals surface area contributed by atoms with Gasteiger partial charge < -0.3 is 17.3 Å². The predicted molar refractivity (Wildman–Crippen MR) is 76.2 cm³/mol. The van der Waals surface area contributed by atoms with Gasteiger partial charge in [-0.2, -0.15) is 9.88 Å². The van der Waals surface area contributed by atoms with Gasteiger partial charge in [-0.15, -0.1) is 5.10 Å². The summed E-state index contributed by atoms with van der Waals surface area (Å²) in [5.41, 5.74) is 1.49. The monoisotopic (exact) mass is 337 g/mol. The molecule has 0 saturated carbocycles. The molecule has 1 heterocycles. The summed E-state index contributed by atoms with van der Waals surface area (Å²) in [4.78, 5) is 13.4. The second-order valence-corrected chi connectivity index (χ2v) is 4.68. The molecule has 0 fully saturated rings. The van der Waals surface area contributed by atoms with Crippen molar-refractivity contribution >= 4 is 24.3 Å². The van der Waals surface area contributed by atoms with E-state index in [2.05, 4.69) is 10.3 Å². The molecule has 0 aliphatic rings.